The highest BCUT2D eigenvalue weighted by atomic mass is 35.5. The number of unbranched alkanes of at least 4 members (excludes halogenated alkanes) is 13. The fraction of sp³-hybridized carbons (Fsp3) is 1.00. The third-order valence-corrected chi connectivity index (χ3v) is 8.94. The normalized spacial score (nSPS) is 14.5. The van der Waals surface area contributed by atoms with Crippen molar-refractivity contribution in [3.8, 4) is 0 Å². The summed E-state index contributed by atoms with van der Waals surface area (Å²) in [6.07, 6.45) is 20.1. The maximum absolute atomic E-state index is 10.2. The van der Waals surface area contributed by atoms with E-state index in [0.29, 0.717) is 12.8 Å². The Balaban J connectivity index is 0. The van der Waals surface area contributed by atoms with Crippen molar-refractivity contribution in [1.82, 2.24) is 0 Å². The number of hydrogen-bond donors (Lipinski definition) is 4. The van der Waals surface area contributed by atoms with E-state index in [1.807, 2.05) is 20.8 Å². The lowest BCUT2D eigenvalue weighted by Crippen LogP contribution is -2.62. The van der Waals surface area contributed by atoms with Crippen molar-refractivity contribution in [3.63, 3.8) is 0 Å². The van der Waals surface area contributed by atoms with E-state index in [1.54, 1.807) is 0 Å². The average molecular weight is 454 g/mol. The third kappa shape index (κ3) is 12.7. The fourth-order valence-corrected chi connectivity index (χ4v) is 6.55. The van der Waals surface area contributed by atoms with Crippen molar-refractivity contribution >= 4 is 21.2 Å². The number of nitrogens with two attached hydrogens (primary N) is 1. The zero-order valence-electron chi connectivity index (χ0n) is 19.8. The van der Waals surface area contributed by atoms with Gasteiger partial charge >= 0.3 is 8.80 Å². The second-order valence-electron chi connectivity index (χ2n) is 9.54. The Morgan fingerprint density at radius 1 is 0.586 bits per heavy atom. The first-order chi connectivity index (χ1) is 13.1. The van der Waals surface area contributed by atoms with E-state index in [0.717, 1.165) is 19.3 Å². The van der Waals surface area contributed by atoms with Crippen LogP contribution in [0, 0.1) is 0 Å². The van der Waals surface area contributed by atoms with Crippen LogP contribution in [0.3, 0.4) is 0 Å². The molecular formula is C23H52ClNO3Si. The summed E-state index contributed by atoms with van der Waals surface area (Å²) in [5.74, 6) is 0. The molecule has 1 atom stereocenters. The second-order valence-corrected chi connectivity index (χ2v) is 11.8. The highest BCUT2D eigenvalue weighted by Gasteiger charge is 2.59. The molecule has 4 nitrogen and oxygen atoms in total. The molecule has 0 heterocycles. The first-order valence-electron chi connectivity index (χ1n) is 12.1. The summed E-state index contributed by atoms with van der Waals surface area (Å²) in [5.41, 5.74) is 5.49. The van der Waals surface area contributed by atoms with E-state index in [4.69, 9.17) is 5.73 Å². The minimum atomic E-state index is -4.32. The van der Waals surface area contributed by atoms with Crippen molar-refractivity contribution < 1.29 is 14.4 Å². The molecule has 0 aliphatic rings. The van der Waals surface area contributed by atoms with Gasteiger partial charge in [0.25, 0.3) is 0 Å². The van der Waals surface area contributed by atoms with Crippen LogP contribution in [-0.2, 0) is 0 Å². The Bertz CT molecular complexity index is 356. The molecule has 29 heavy (non-hydrogen) atoms. The van der Waals surface area contributed by atoms with Gasteiger partial charge in [0, 0.05) is 5.54 Å². The number of halogens is 1. The molecule has 0 aromatic carbocycles. The van der Waals surface area contributed by atoms with Gasteiger partial charge in [-0.25, -0.2) is 0 Å². The molecule has 0 saturated carbocycles. The van der Waals surface area contributed by atoms with Crippen LogP contribution in [0.5, 0.6) is 0 Å². The lowest BCUT2D eigenvalue weighted by molar-refractivity contribution is 0.122. The van der Waals surface area contributed by atoms with Crippen molar-refractivity contribution in [2.45, 2.75) is 147 Å². The van der Waals surface area contributed by atoms with Gasteiger partial charge in [-0.2, -0.15) is 0 Å². The molecule has 0 bridgehead atoms. The average Bonchev–Trinajstić information content (AvgIpc) is 2.59. The molecule has 178 valence electrons. The zero-order valence-corrected chi connectivity index (χ0v) is 21.7. The van der Waals surface area contributed by atoms with Crippen molar-refractivity contribution in [1.29, 1.82) is 0 Å². The molecule has 0 saturated heterocycles. The summed E-state index contributed by atoms with van der Waals surface area (Å²) in [4.78, 5) is 30.5. The minimum Gasteiger partial charge on any atom is -0.390 e. The van der Waals surface area contributed by atoms with Gasteiger partial charge in [0.2, 0.25) is 0 Å². The standard InChI is InChI=1S/C23H51NO3Si.ClH/c1-5-7-8-9-10-11-12-13-14-15-16-17-18-19-21-23(20-6-2,22(3,4)24)28(25,26)27;/h25-27H,5-21,24H2,1-4H3;1H. The molecule has 0 fully saturated rings. The largest absolute Gasteiger partial charge is 0.501 e. The highest BCUT2D eigenvalue weighted by molar-refractivity contribution is 6.60. The Morgan fingerprint density at radius 3 is 1.21 bits per heavy atom. The predicted molar refractivity (Wildman–Crippen MR) is 130 cm³/mol. The molecule has 0 aromatic rings. The number of rotatable bonds is 19. The van der Waals surface area contributed by atoms with Gasteiger partial charge < -0.3 is 20.1 Å². The van der Waals surface area contributed by atoms with Crippen LogP contribution in [0.4, 0.5) is 0 Å². The third-order valence-electron chi connectivity index (χ3n) is 6.51. The van der Waals surface area contributed by atoms with Gasteiger partial charge in [-0.15, -0.1) is 12.4 Å². The van der Waals surface area contributed by atoms with Crippen molar-refractivity contribution in [3.05, 3.63) is 0 Å². The molecule has 5 N–H and O–H groups in total. The minimum absolute atomic E-state index is 0. The van der Waals surface area contributed by atoms with Gasteiger partial charge in [-0.3, -0.25) is 0 Å². The van der Waals surface area contributed by atoms with Crippen LogP contribution in [0.15, 0.2) is 0 Å². The molecule has 0 aliphatic carbocycles. The van der Waals surface area contributed by atoms with Gasteiger partial charge in [0.1, 0.15) is 0 Å². The molecule has 0 aromatic heterocycles. The summed E-state index contributed by atoms with van der Waals surface area (Å²) in [5, 5.41) is -0.953. The summed E-state index contributed by atoms with van der Waals surface area (Å²) < 4.78 is 0. The van der Waals surface area contributed by atoms with Gasteiger partial charge in [0.05, 0.1) is 5.04 Å². The Kier molecular flexibility index (Phi) is 18.4. The van der Waals surface area contributed by atoms with E-state index < -0.39 is 19.4 Å². The van der Waals surface area contributed by atoms with Crippen molar-refractivity contribution in [2.24, 2.45) is 5.73 Å². The Labute approximate surface area is 188 Å². The molecule has 0 aliphatic heterocycles. The first-order valence-corrected chi connectivity index (χ1v) is 13.9. The maximum atomic E-state index is 10.2. The van der Waals surface area contributed by atoms with Crippen LogP contribution in [0.1, 0.15) is 137 Å². The van der Waals surface area contributed by atoms with E-state index >= 15 is 0 Å². The molecule has 0 spiro atoms. The topological polar surface area (TPSA) is 86.7 Å². The quantitative estimate of drug-likeness (QED) is 0.133. The van der Waals surface area contributed by atoms with Crippen LogP contribution >= 0.6 is 12.4 Å². The molecule has 0 rings (SSSR count). The monoisotopic (exact) mass is 453 g/mol. The van der Waals surface area contributed by atoms with Gasteiger partial charge in [-0.05, 0) is 26.7 Å². The van der Waals surface area contributed by atoms with Gasteiger partial charge in [-0.1, -0.05) is 110 Å². The first kappa shape index (κ1) is 31.5. The van der Waals surface area contributed by atoms with Crippen LogP contribution < -0.4 is 5.73 Å². The Hall–Kier alpha value is 0.347. The fourth-order valence-electron chi connectivity index (χ4n) is 4.59. The summed E-state index contributed by atoms with van der Waals surface area (Å²) in [6, 6.07) is 0. The summed E-state index contributed by atoms with van der Waals surface area (Å²) >= 11 is 0. The maximum Gasteiger partial charge on any atom is 0.501 e. The smallest absolute Gasteiger partial charge is 0.390 e. The molecule has 0 radical (unpaired) electrons. The second kappa shape index (κ2) is 17.0. The predicted octanol–water partition coefficient (Wildman–Crippen LogP) is 6.47. The van der Waals surface area contributed by atoms with Crippen molar-refractivity contribution in [2.75, 3.05) is 0 Å². The molecule has 0 amide bonds. The highest BCUT2D eigenvalue weighted by Crippen LogP contribution is 2.51. The van der Waals surface area contributed by atoms with E-state index in [9.17, 15) is 14.4 Å². The molecular weight excluding hydrogens is 402 g/mol. The van der Waals surface area contributed by atoms with Crippen LogP contribution in [-0.4, -0.2) is 28.7 Å². The Morgan fingerprint density at radius 2 is 0.931 bits per heavy atom. The van der Waals surface area contributed by atoms with Gasteiger partial charge in [0.15, 0.2) is 0 Å². The lowest BCUT2D eigenvalue weighted by atomic mass is 9.79. The summed E-state index contributed by atoms with van der Waals surface area (Å²) in [6.45, 7) is 7.90. The van der Waals surface area contributed by atoms with E-state index in [2.05, 4.69) is 6.92 Å². The lowest BCUT2D eigenvalue weighted by Gasteiger charge is -2.47. The number of hydrogen-bond acceptors (Lipinski definition) is 4. The van der Waals surface area contributed by atoms with Crippen LogP contribution in [0.2, 0.25) is 5.04 Å². The summed E-state index contributed by atoms with van der Waals surface area (Å²) in [7, 11) is -4.32. The van der Waals surface area contributed by atoms with Crippen LogP contribution in [0.25, 0.3) is 0 Å². The molecule has 6 heteroatoms. The zero-order chi connectivity index (χ0) is 21.5. The van der Waals surface area contributed by atoms with E-state index in [-0.39, 0.29) is 12.4 Å². The molecule has 1 unspecified atom stereocenters. The SMILES string of the molecule is CCCCCCCCCCCCCCCCC(CCC)(C(C)(C)N)[Si](O)(O)O.Cl. The van der Waals surface area contributed by atoms with E-state index in [1.165, 1.54) is 77.0 Å².